The lowest BCUT2D eigenvalue weighted by Crippen LogP contribution is -1.99. The maximum absolute atomic E-state index is 5.27. The SMILES string of the molecule is c1ccc(Cn2cc(-c3ccco3)nn2)cc1. The number of nitrogens with zero attached hydrogens (tertiary/aromatic N) is 3. The Kier molecular flexibility index (Phi) is 2.46. The summed E-state index contributed by atoms with van der Waals surface area (Å²) in [6, 6.07) is 13.9. The van der Waals surface area contributed by atoms with Crippen molar-refractivity contribution in [3.8, 4) is 11.5 Å². The maximum Gasteiger partial charge on any atom is 0.155 e. The van der Waals surface area contributed by atoms with Gasteiger partial charge in [-0.15, -0.1) is 5.10 Å². The minimum absolute atomic E-state index is 0.717. The number of furan rings is 1. The first-order valence-corrected chi connectivity index (χ1v) is 5.40. The van der Waals surface area contributed by atoms with E-state index in [9.17, 15) is 0 Å². The molecule has 1 aromatic carbocycles. The normalized spacial score (nSPS) is 10.6. The van der Waals surface area contributed by atoms with Crippen molar-refractivity contribution >= 4 is 0 Å². The molecule has 0 aliphatic heterocycles. The van der Waals surface area contributed by atoms with Crippen molar-refractivity contribution in [2.45, 2.75) is 6.54 Å². The Morgan fingerprint density at radius 1 is 1.06 bits per heavy atom. The molecule has 4 nitrogen and oxygen atoms in total. The van der Waals surface area contributed by atoms with Gasteiger partial charge in [0.1, 0.15) is 5.69 Å². The lowest BCUT2D eigenvalue weighted by atomic mass is 10.2. The number of benzene rings is 1. The van der Waals surface area contributed by atoms with E-state index in [4.69, 9.17) is 4.42 Å². The zero-order valence-corrected chi connectivity index (χ0v) is 9.15. The molecule has 0 N–H and O–H groups in total. The Labute approximate surface area is 98.5 Å². The summed E-state index contributed by atoms with van der Waals surface area (Å²) in [6.07, 6.45) is 3.51. The maximum atomic E-state index is 5.27. The molecule has 3 aromatic rings. The van der Waals surface area contributed by atoms with Crippen LogP contribution in [0.5, 0.6) is 0 Å². The van der Waals surface area contributed by atoms with Crippen LogP contribution in [-0.4, -0.2) is 15.0 Å². The highest BCUT2D eigenvalue weighted by molar-refractivity contribution is 5.49. The van der Waals surface area contributed by atoms with Crippen LogP contribution in [0, 0.1) is 0 Å². The van der Waals surface area contributed by atoms with Gasteiger partial charge < -0.3 is 4.42 Å². The molecule has 0 aliphatic carbocycles. The molecule has 0 fully saturated rings. The molecule has 84 valence electrons. The van der Waals surface area contributed by atoms with Crippen LogP contribution >= 0.6 is 0 Å². The second-order valence-electron chi connectivity index (χ2n) is 3.76. The molecular weight excluding hydrogens is 214 g/mol. The standard InChI is InChI=1S/C13H11N3O/c1-2-5-11(6-3-1)9-16-10-12(14-15-16)13-7-4-8-17-13/h1-8,10H,9H2. The Balaban J connectivity index is 1.82. The third kappa shape index (κ3) is 2.10. The van der Waals surface area contributed by atoms with Gasteiger partial charge in [-0.1, -0.05) is 35.5 Å². The van der Waals surface area contributed by atoms with Crippen molar-refractivity contribution in [1.29, 1.82) is 0 Å². The van der Waals surface area contributed by atoms with Crippen LogP contribution in [0.1, 0.15) is 5.56 Å². The van der Waals surface area contributed by atoms with Gasteiger partial charge in [0.2, 0.25) is 0 Å². The molecule has 3 rings (SSSR count). The molecule has 0 spiro atoms. The molecule has 0 saturated carbocycles. The Bertz CT molecular complexity index is 584. The van der Waals surface area contributed by atoms with Gasteiger partial charge in [-0.2, -0.15) is 0 Å². The minimum atomic E-state index is 0.717. The summed E-state index contributed by atoms with van der Waals surface area (Å²) in [5, 5.41) is 8.15. The van der Waals surface area contributed by atoms with Crippen molar-refractivity contribution in [3.05, 3.63) is 60.5 Å². The average Bonchev–Trinajstić information content (AvgIpc) is 3.00. The smallest absolute Gasteiger partial charge is 0.155 e. The fourth-order valence-corrected chi connectivity index (χ4v) is 1.68. The van der Waals surface area contributed by atoms with E-state index in [0.717, 1.165) is 11.5 Å². The van der Waals surface area contributed by atoms with Crippen LogP contribution in [0.15, 0.2) is 59.3 Å². The van der Waals surface area contributed by atoms with Gasteiger partial charge in [0.15, 0.2) is 5.76 Å². The van der Waals surface area contributed by atoms with E-state index in [2.05, 4.69) is 22.4 Å². The molecule has 0 saturated heterocycles. The van der Waals surface area contributed by atoms with Gasteiger partial charge in [-0.25, -0.2) is 4.68 Å². The van der Waals surface area contributed by atoms with Crippen LogP contribution in [0.2, 0.25) is 0 Å². The molecule has 4 heteroatoms. The van der Waals surface area contributed by atoms with Gasteiger partial charge in [0.25, 0.3) is 0 Å². The topological polar surface area (TPSA) is 43.9 Å². The van der Waals surface area contributed by atoms with E-state index in [1.54, 1.807) is 10.9 Å². The third-order valence-electron chi connectivity index (χ3n) is 2.50. The highest BCUT2D eigenvalue weighted by atomic mass is 16.3. The minimum Gasteiger partial charge on any atom is -0.463 e. The fraction of sp³-hybridized carbons (Fsp3) is 0.0769. The van der Waals surface area contributed by atoms with Crippen LogP contribution < -0.4 is 0 Å². The fourth-order valence-electron chi connectivity index (χ4n) is 1.68. The summed E-state index contributed by atoms with van der Waals surface area (Å²) in [6.45, 7) is 0.717. The predicted molar refractivity (Wildman–Crippen MR) is 63.3 cm³/mol. The molecular formula is C13H11N3O. The van der Waals surface area contributed by atoms with Crippen molar-refractivity contribution in [2.75, 3.05) is 0 Å². The predicted octanol–water partition coefficient (Wildman–Crippen LogP) is 2.59. The largest absolute Gasteiger partial charge is 0.463 e. The molecule has 0 unspecified atom stereocenters. The second kappa shape index (κ2) is 4.25. The van der Waals surface area contributed by atoms with E-state index in [1.165, 1.54) is 5.56 Å². The Hall–Kier alpha value is -2.36. The highest BCUT2D eigenvalue weighted by Gasteiger charge is 2.06. The number of hydrogen-bond donors (Lipinski definition) is 0. The molecule has 0 aliphatic rings. The van der Waals surface area contributed by atoms with Gasteiger partial charge in [0.05, 0.1) is 19.0 Å². The van der Waals surface area contributed by atoms with E-state index >= 15 is 0 Å². The summed E-state index contributed by atoms with van der Waals surface area (Å²) in [7, 11) is 0. The molecule has 0 bridgehead atoms. The highest BCUT2D eigenvalue weighted by Crippen LogP contribution is 2.16. The first kappa shape index (κ1) is 9.84. The lowest BCUT2D eigenvalue weighted by molar-refractivity contribution is 0.579. The zero-order chi connectivity index (χ0) is 11.5. The third-order valence-corrected chi connectivity index (χ3v) is 2.50. The van der Waals surface area contributed by atoms with Gasteiger partial charge in [-0.3, -0.25) is 0 Å². The molecule has 2 heterocycles. The summed E-state index contributed by atoms with van der Waals surface area (Å²) in [4.78, 5) is 0. The monoisotopic (exact) mass is 225 g/mol. The Morgan fingerprint density at radius 2 is 1.94 bits per heavy atom. The Morgan fingerprint density at radius 3 is 2.71 bits per heavy atom. The summed E-state index contributed by atoms with van der Waals surface area (Å²) in [5.41, 5.74) is 1.95. The number of hydrogen-bond acceptors (Lipinski definition) is 3. The second-order valence-corrected chi connectivity index (χ2v) is 3.76. The molecule has 17 heavy (non-hydrogen) atoms. The summed E-state index contributed by atoms with van der Waals surface area (Å²) >= 11 is 0. The van der Waals surface area contributed by atoms with Gasteiger partial charge in [-0.05, 0) is 17.7 Å². The molecule has 0 radical (unpaired) electrons. The lowest BCUT2D eigenvalue weighted by Gasteiger charge is -1.98. The van der Waals surface area contributed by atoms with Crippen molar-refractivity contribution < 1.29 is 4.42 Å². The van der Waals surface area contributed by atoms with Crippen molar-refractivity contribution in [3.63, 3.8) is 0 Å². The van der Waals surface area contributed by atoms with Crippen LogP contribution in [0.4, 0.5) is 0 Å². The van der Waals surface area contributed by atoms with Crippen LogP contribution in [0.25, 0.3) is 11.5 Å². The molecule has 0 amide bonds. The first-order chi connectivity index (χ1) is 8.42. The van der Waals surface area contributed by atoms with Crippen LogP contribution in [0.3, 0.4) is 0 Å². The van der Waals surface area contributed by atoms with Crippen molar-refractivity contribution in [2.24, 2.45) is 0 Å². The summed E-state index contributed by atoms with van der Waals surface area (Å²) < 4.78 is 7.07. The van der Waals surface area contributed by atoms with Crippen molar-refractivity contribution in [1.82, 2.24) is 15.0 Å². The first-order valence-electron chi connectivity index (χ1n) is 5.40. The van der Waals surface area contributed by atoms with E-state index < -0.39 is 0 Å². The molecule has 2 aromatic heterocycles. The van der Waals surface area contributed by atoms with Gasteiger partial charge >= 0.3 is 0 Å². The summed E-state index contributed by atoms with van der Waals surface area (Å²) in [5.74, 6) is 0.740. The average molecular weight is 225 g/mol. The van der Waals surface area contributed by atoms with Gasteiger partial charge in [0, 0.05) is 0 Å². The quantitative estimate of drug-likeness (QED) is 0.688. The zero-order valence-electron chi connectivity index (χ0n) is 9.15. The van der Waals surface area contributed by atoms with Crippen LogP contribution in [-0.2, 0) is 6.54 Å². The van der Waals surface area contributed by atoms with E-state index in [0.29, 0.717) is 6.54 Å². The molecule has 0 atom stereocenters. The van der Waals surface area contributed by atoms with E-state index in [1.807, 2.05) is 36.5 Å². The van der Waals surface area contributed by atoms with E-state index in [-0.39, 0.29) is 0 Å². The number of aromatic nitrogens is 3. The number of rotatable bonds is 3.